The Hall–Kier alpha value is -4.20. The normalized spacial score (nSPS) is 11.6. The first-order valence-electron chi connectivity index (χ1n) is 39.4. The number of hydrogen-bond acceptors (Lipinski definition) is 45. The molecule has 0 saturated carbocycles. The van der Waals surface area contributed by atoms with E-state index in [0.29, 0.717) is 114 Å². The molecule has 0 bridgehead atoms. The summed E-state index contributed by atoms with van der Waals surface area (Å²) in [5.74, 6) is -2.04. The fraction of sp³-hybridized carbons (Fsp3) is 0.0920. The van der Waals surface area contributed by atoms with Gasteiger partial charge in [0.25, 0.3) is 5.56 Å². The number of ether oxygens (including phenoxy) is 1. The molecule has 0 radical (unpaired) electrons. The van der Waals surface area contributed by atoms with Gasteiger partial charge in [-0.05, 0) is 247 Å². The predicted molar refractivity (Wildman–Crippen MR) is 485 cm³/mol. The quantitative estimate of drug-likeness (QED) is 0.00545. The van der Waals surface area contributed by atoms with Crippen molar-refractivity contribution in [3.05, 3.63) is 310 Å². The Morgan fingerprint density at radius 1 is 0.463 bits per heavy atom. The first kappa shape index (κ1) is 141. The minimum atomic E-state index is -4.69. The first-order valence-corrected chi connectivity index (χ1v) is 49.4. The van der Waals surface area contributed by atoms with Crippen LogP contribution in [0.2, 0.25) is 0 Å². The summed E-state index contributed by atoms with van der Waals surface area (Å²) in [6.07, 6.45) is 7.67. The van der Waals surface area contributed by atoms with Crippen molar-refractivity contribution in [2.45, 2.75) is 77.9 Å². The molecular weight excluding hydrogens is 2220 g/mol. The summed E-state index contributed by atoms with van der Waals surface area (Å²) >= 11 is 2.75. The van der Waals surface area contributed by atoms with Crippen molar-refractivity contribution < 1.29 is 424 Å². The molecule has 1 heterocycles. The average molecular weight is 2290 g/mol. The summed E-state index contributed by atoms with van der Waals surface area (Å²) in [4.78, 5) is 26.2. The number of aromatic hydroxyl groups is 3. The van der Waals surface area contributed by atoms with Gasteiger partial charge in [0.05, 0.1) is 108 Å². The topological polar surface area (TPSA) is 680 Å². The summed E-state index contributed by atoms with van der Waals surface area (Å²) in [5, 5.41) is 124. The number of H-pyrrole nitrogens is 1. The Morgan fingerprint density at radius 2 is 0.919 bits per heavy atom. The van der Waals surface area contributed by atoms with E-state index in [0.717, 1.165) is 93.3 Å². The molecule has 1 aliphatic rings. The number of phenolic OH excluding ortho intramolecular Hbond substituents is 3. The molecule has 0 amide bonds. The summed E-state index contributed by atoms with van der Waals surface area (Å²) in [6, 6.07) is 57.8. The predicted octanol–water partition coefficient (Wildman–Crippen LogP) is -15.3. The molecule has 44 nitrogen and oxygen atoms in total. The van der Waals surface area contributed by atoms with Crippen LogP contribution in [0.5, 0.6) is 23.0 Å². The van der Waals surface area contributed by atoms with Gasteiger partial charge in [-0.2, -0.15) is 27.6 Å². The molecular formula is C87H67N10Na9O34S9. The minimum absolute atomic E-state index is 0. The number of nitrogens with zero attached hydrogens (tertiary/aromatic N) is 9. The number of fused-ring (bicyclic) bond motifs is 2. The zero-order valence-corrected chi connectivity index (χ0v) is 106. The van der Waals surface area contributed by atoms with Crippen LogP contribution in [0.3, 0.4) is 0 Å². The smallest absolute Gasteiger partial charge is 0.744 e. The summed E-state index contributed by atoms with van der Waals surface area (Å²) in [5.41, 5.74) is 5.18. The maximum Gasteiger partial charge on any atom is 1.00 e. The number of allylic oxidation sites excluding steroid dienone is 5. The number of carboxylic acids is 1. The van der Waals surface area contributed by atoms with Crippen molar-refractivity contribution in [1.82, 2.24) is 9.78 Å². The second kappa shape index (κ2) is 66.6. The Morgan fingerprint density at radius 3 is 1.40 bits per heavy atom. The van der Waals surface area contributed by atoms with Crippen LogP contribution in [0.4, 0.5) is 39.8 Å². The second-order valence-corrected chi connectivity index (χ2v) is 38.3. The van der Waals surface area contributed by atoms with Crippen LogP contribution in [0, 0.1) is 6.92 Å². The molecule has 0 fully saturated rings. The third-order valence-corrected chi connectivity index (χ3v) is 26.3. The zero-order chi connectivity index (χ0) is 101. The van der Waals surface area contributed by atoms with E-state index in [9.17, 15) is 116 Å². The van der Waals surface area contributed by atoms with Crippen molar-refractivity contribution in [3.8, 4) is 28.7 Å². The Balaban J connectivity index is 0.000000682. The number of aryl methyl sites for hydroxylation is 1. The third-order valence-electron chi connectivity index (χ3n) is 19.6. The number of aromatic amines is 1. The van der Waals surface area contributed by atoms with Gasteiger partial charge in [0.2, 0.25) is 0 Å². The van der Waals surface area contributed by atoms with Crippen LogP contribution in [0.25, 0.3) is 32.8 Å². The Kier molecular flexibility index (Phi) is 63.0. The van der Waals surface area contributed by atoms with E-state index in [4.69, 9.17) is 4.74 Å². The maximum absolute atomic E-state index is 12.6. The number of rotatable bonds is 35. The largest absolute Gasteiger partial charge is 1.00 e. The number of aromatic carboxylic acids is 1. The van der Waals surface area contributed by atoms with Gasteiger partial charge in [0, 0.05) is 68.0 Å². The van der Waals surface area contributed by atoms with Crippen LogP contribution >= 0.6 is 48.2 Å². The third kappa shape index (κ3) is 40.9. The second-order valence-electron chi connectivity index (χ2n) is 28.4. The van der Waals surface area contributed by atoms with Crippen molar-refractivity contribution in [3.63, 3.8) is 0 Å². The molecule has 12 aromatic carbocycles. The molecule has 1 aliphatic carbocycles. The van der Waals surface area contributed by atoms with Gasteiger partial charge in [-0.1, -0.05) is 60.7 Å². The number of benzene rings is 12. The van der Waals surface area contributed by atoms with Gasteiger partial charge in [0.1, 0.15) is 103 Å². The van der Waals surface area contributed by atoms with Crippen LogP contribution in [0.1, 0.15) is 52.2 Å². The van der Waals surface area contributed by atoms with E-state index in [-0.39, 0.29) is 338 Å². The maximum atomic E-state index is 12.6. The van der Waals surface area contributed by atoms with Crippen LogP contribution < -0.4 is 307 Å². The van der Waals surface area contributed by atoms with Crippen LogP contribution in [-0.4, -0.2) is 126 Å². The monoisotopic (exact) mass is 2290 g/mol. The molecule has 732 valence electrons. The van der Waals surface area contributed by atoms with Gasteiger partial charge in [-0.3, -0.25) is 30.0 Å². The van der Waals surface area contributed by atoms with Gasteiger partial charge in [-0.15, -0.1) is 20.5 Å². The molecule has 149 heavy (non-hydrogen) atoms. The number of carbonyl (C=O) groups is 1. The summed E-state index contributed by atoms with van der Waals surface area (Å²) < 4.78 is 195. The number of nitrogens with one attached hydrogen (secondary N) is 1. The van der Waals surface area contributed by atoms with E-state index in [1.807, 2.05) is 71.9 Å². The molecule has 0 saturated heterocycles. The van der Waals surface area contributed by atoms with Crippen LogP contribution in [0.15, 0.2) is 346 Å². The van der Waals surface area contributed by atoms with Gasteiger partial charge < -0.3 is 78.7 Å². The van der Waals surface area contributed by atoms with Crippen molar-refractivity contribution in [2.24, 2.45) is 30.7 Å². The van der Waals surface area contributed by atoms with Crippen molar-refractivity contribution in [1.29, 1.82) is 0 Å². The molecule has 0 aliphatic heterocycles. The van der Waals surface area contributed by atoms with Gasteiger partial charge in [0.15, 0.2) is 17.9 Å². The van der Waals surface area contributed by atoms with E-state index >= 15 is 0 Å². The van der Waals surface area contributed by atoms with E-state index in [1.54, 1.807) is 66.7 Å². The molecule has 0 unspecified atom stereocenters. The van der Waals surface area contributed by atoms with E-state index < -0.39 is 83.3 Å². The number of carboxylic acid groups (broad SMARTS) is 1. The van der Waals surface area contributed by atoms with E-state index in [1.165, 1.54) is 123 Å². The summed E-state index contributed by atoms with van der Waals surface area (Å²) in [6.45, 7) is 7.25. The van der Waals surface area contributed by atoms with Crippen molar-refractivity contribution in [2.75, 3.05) is 25.1 Å². The fourth-order valence-corrected chi connectivity index (χ4v) is 17.6. The van der Waals surface area contributed by atoms with Gasteiger partial charge in [-0.25, -0.2) is 51.3 Å². The summed E-state index contributed by atoms with van der Waals surface area (Å²) in [7, 11) is -21.9. The average Bonchev–Trinajstić information content (AvgIpc) is 1.58. The fourth-order valence-electron chi connectivity index (χ4n) is 13.2. The molecule has 4 N–H and O–H groups in total. The first-order chi connectivity index (χ1) is 66.6. The standard InChI is InChI=1S/C37H36N2O10S3.C18H16N2O8S2.C16H12N4O9S2.C16H12N2O7S2.9Na/c1-3-38(24-26-7-5-9-33(21-26)51(42,43)44)30-15-11-28(12-16-30)37(35-20-19-32(40)23-36(35)50-49-48-41)29-13-17-31(18-14-29)39(4-2)25-27-8-6-10-34(22-27)52(45,46)47;1-10-7-14(16(26-2)9-17(10)30(23,24)25)19-20-18-13-5-4-12(29-28-27-22)8-11(13)3-6-15(18)21;21-15-13(18-17-9-1-5-11(6-2-9)30-29-28-24)14(16(22)23)19-20(15)10-3-7-12(8-4-10)31(25,26)27;19-15-8-1-10-9-13(27(21,22)23)6-7-14(10)16(15)18-17-11-2-4-12(5-3-11)26-25-24-20;;;;;;;;;/h5-23H,3-4,24-25H2,1-2H3,(H3,41,42,43,44,45,46,47);3-9,21-22H,1-2H3,(H,23,24,25);1-8,19,24H,(H,22,23)(H,25,26,27);1-9,19-20H,(H,21,22,23);;;;;;;;;/q;;;;9*+1/p-9. The van der Waals surface area contributed by atoms with Crippen molar-refractivity contribution >= 4 is 177 Å². The molecule has 1 aromatic heterocycles. The van der Waals surface area contributed by atoms with Crippen LogP contribution in [-0.2, 0) is 101 Å². The Labute approximate surface area is 1070 Å². The molecule has 0 spiro atoms. The number of methoxy groups -OCH3 is 1. The number of phenols is 3. The molecule has 13 aromatic rings. The SMILES string of the molecule is CCN(Cc1cccc(S(=O)(=O)[O-])c1)c1ccc(C(=C2C=CC(=[N+](CC)Cc3cccc(S(=O)(=O)[O-])c3)C=C2)c2ccc(O)cc2SOO[O-])cc1.COc1cc(S(=O)(=O)[O-])c(C)cc1N=Nc1c(O)ccc2cc(SOO[O-])ccc12.O=C([O-])c1[nH]n(-c2ccc(S(=O)(=O)[O-])cc2)c(=O)c1N=Nc1ccc(SOO[O-])cc1.O=S(=O)([O-])c1ccc2c(N=Nc3ccc(SOO[O-])cc3)c(O)ccc2c1.[Na+].[Na+].[Na+].[Na+].[Na+].[Na+].[Na+].[Na+].[Na+]. The molecule has 62 heteroatoms. The molecule has 0 atom stereocenters. The minimum Gasteiger partial charge on any atom is -0.744 e. The number of aromatic nitrogens is 2. The number of hydrogen-bond donors (Lipinski definition) is 4. The number of anilines is 1. The van der Waals surface area contributed by atoms with E-state index in [2.05, 4.69) is 73.3 Å². The van der Waals surface area contributed by atoms with Gasteiger partial charge >= 0.3 is 266 Å². The number of azo groups is 3. The zero-order valence-electron chi connectivity index (χ0n) is 80.9. The molecule has 14 rings (SSSR count). The Bertz CT molecular complexity index is 7680. The number of carbonyl (C=O) groups excluding carboxylic acids is 1.